The Morgan fingerprint density at radius 1 is 1.33 bits per heavy atom. The Balaban J connectivity index is 0.000000531. The molecule has 0 aromatic rings. The van der Waals surface area contributed by atoms with Crippen LogP contribution in [0.1, 0.15) is 33.1 Å². The monoisotopic (exact) mass is 208 g/mol. The molecule has 0 radical (unpaired) electrons. The molecule has 84 valence electrons. The highest BCUT2D eigenvalue weighted by Crippen LogP contribution is 2.23. The highest BCUT2D eigenvalue weighted by molar-refractivity contribution is 5.85. The second-order valence-electron chi connectivity index (χ2n) is 3.53. The van der Waals surface area contributed by atoms with Crippen LogP contribution in [0.3, 0.4) is 0 Å². The van der Waals surface area contributed by atoms with Crippen LogP contribution in [0.2, 0.25) is 0 Å². The van der Waals surface area contributed by atoms with Crippen LogP contribution in [0.15, 0.2) is 23.8 Å². The summed E-state index contributed by atoms with van der Waals surface area (Å²) in [5, 5.41) is 0. The molecule has 0 aromatic heterocycles. The zero-order valence-electron chi connectivity index (χ0n) is 9.66. The van der Waals surface area contributed by atoms with Crippen molar-refractivity contribution in [2.75, 3.05) is 13.2 Å². The molecule has 2 rings (SSSR count). The highest BCUT2D eigenvalue weighted by Gasteiger charge is 2.25. The third-order valence-electron chi connectivity index (χ3n) is 2.59. The number of carbonyl (C=O) groups excluding carboxylic acids is 1. The van der Waals surface area contributed by atoms with Crippen LogP contribution < -0.4 is 0 Å². The lowest BCUT2D eigenvalue weighted by Gasteiger charge is -2.23. The first-order valence-corrected chi connectivity index (χ1v) is 5.85. The van der Waals surface area contributed by atoms with Gasteiger partial charge in [-0.15, -0.1) is 0 Å². The Kier molecular flexibility index (Phi) is 5.33. The molecule has 15 heavy (non-hydrogen) atoms. The van der Waals surface area contributed by atoms with Gasteiger partial charge in [0.05, 0.1) is 19.1 Å². The largest absolute Gasteiger partial charge is 0.380 e. The average Bonchev–Trinajstić information content (AvgIpc) is 2.33. The molecular weight excluding hydrogens is 188 g/mol. The predicted octanol–water partition coefficient (Wildman–Crippen LogP) is 2.89. The zero-order valence-corrected chi connectivity index (χ0v) is 9.66. The van der Waals surface area contributed by atoms with Crippen molar-refractivity contribution in [3.8, 4) is 0 Å². The van der Waals surface area contributed by atoms with E-state index in [0.29, 0.717) is 25.4 Å². The van der Waals surface area contributed by atoms with Gasteiger partial charge in [0.15, 0.2) is 0 Å². The van der Waals surface area contributed by atoms with E-state index >= 15 is 0 Å². The van der Waals surface area contributed by atoms with Crippen LogP contribution in [-0.4, -0.2) is 19.0 Å². The quantitative estimate of drug-likeness (QED) is 0.662. The molecule has 0 saturated carbocycles. The molecule has 1 unspecified atom stereocenters. The van der Waals surface area contributed by atoms with Gasteiger partial charge in [-0.05, 0) is 18.4 Å². The van der Waals surface area contributed by atoms with Crippen molar-refractivity contribution in [1.29, 1.82) is 0 Å². The van der Waals surface area contributed by atoms with E-state index in [4.69, 9.17) is 4.74 Å². The topological polar surface area (TPSA) is 26.3 Å². The minimum Gasteiger partial charge on any atom is -0.380 e. The minimum absolute atomic E-state index is 0.0188. The number of carbonyl (C=O) groups is 1. The van der Waals surface area contributed by atoms with Gasteiger partial charge in [0.1, 0.15) is 5.78 Å². The third-order valence-corrected chi connectivity index (χ3v) is 2.59. The first-order valence-electron chi connectivity index (χ1n) is 5.85. The first kappa shape index (κ1) is 12.2. The fourth-order valence-electron chi connectivity index (χ4n) is 1.82. The van der Waals surface area contributed by atoms with Gasteiger partial charge in [-0.25, -0.2) is 0 Å². The SMILES string of the molecule is CC.O=C1CCOCC1C1=CCCC=C1. The van der Waals surface area contributed by atoms with E-state index in [1.54, 1.807) is 0 Å². The van der Waals surface area contributed by atoms with Gasteiger partial charge in [0.25, 0.3) is 0 Å². The third kappa shape index (κ3) is 3.31. The van der Waals surface area contributed by atoms with Crippen LogP contribution in [0.25, 0.3) is 0 Å². The maximum Gasteiger partial charge on any atom is 0.144 e. The molecule has 0 aromatic carbocycles. The van der Waals surface area contributed by atoms with E-state index in [0.717, 1.165) is 18.4 Å². The molecule has 0 bridgehead atoms. The van der Waals surface area contributed by atoms with Gasteiger partial charge in [-0.3, -0.25) is 4.79 Å². The first-order chi connectivity index (χ1) is 7.38. The van der Waals surface area contributed by atoms with Crippen molar-refractivity contribution in [3.63, 3.8) is 0 Å². The van der Waals surface area contributed by atoms with E-state index in [-0.39, 0.29) is 5.92 Å². The van der Waals surface area contributed by atoms with Crippen molar-refractivity contribution in [3.05, 3.63) is 23.8 Å². The molecular formula is C13H20O2. The lowest BCUT2D eigenvalue weighted by molar-refractivity contribution is -0.128. The predicted molar refractivity (Wildman–Crippen MR) is 61.7 cm³/mol. The molecule has 2 aliphatic rings. The second kappa shape index (κ2) is 6.57. The van der Waals surface area contributed by atoms with Crippen molar-refractivity contribution in [2.24, 2.45) is 5.92 Å². The second-order valence-corrected chi connectivity index (χ2v) is 3.53. The number of ether oxygens (including phenoxy) is 1. The molecule has 2 heteroatoms. The van der Waals surface area contributed by atoms with E-state index in [9.17, 15) is 4.79 Å². The number of Topliss-reactive ketones (excluding diaryl/α,β-unsaturated/α-hetero) is 1. The number of hydrogen-bond donors (Lipinski definition) is 0. The molecule has 1 aliphatic heterocycles. The van der Waals surface area contributed by atoms with E-state index in [1.165, 1.54) is 0 Å². The van der Waals surface area contributed by atoms with Crippen molar-refractivity contribution < 1.29 is 9.53 Å². The summed E-state index contributed by atoms with van der Waals surface area (Å²) in [5.41, 5.74) is 1.16. The fraction of sp³-hybridized carbons (Fsp3) is 0.615. The van der Waals surface area contributed by atoms with E-state index in [1.807, 2.05) is 13.8 Å². The molecule has 1 saturated heterocycles. The van der Waals surface area contributed by atoms with Gasteiger partial charge < -0.3 is 4.74 Å². The van der Waals surface area contributed by atoms with Gasteiger partial charge in [-0.1, -0.05) is 32.1 Å². The summed E-state index contributed by atoms with van der Waals surface area (Å²) < 4.78 is 5.31. The number of rotatable bonds is 1. The Labute approximate surface area is 92.0 Å². The summed E-state index contributed by atoms with van der Waals surface area (Å²) in [6.07, 6.45) is 9.12. The summed E-state index contributed by atoms with van der Waals surface area (Å²) in [4.78, 5) is 11.5. The number of allylic oxidation sites excluding steroid dienone is 3. The van der Waals surface area contributed by atoms with Crippen LogP contribution in [-0.2, 0) is 9.53 Å². The maximum atomic E-state index is 11.5. The Bertz CT molecular complexity index is 264. The van der Waals surface area contributed by atoms with Gasteiger partial charge in [-0.2, -0.15) is 0 Å². The standard InChI is InChI=1S/C11H14O2.C2H6/c12-11-6-7-13-8-10(11)9-4-2-1-3-5-9;1-2/h2,4-5,10H,1,3,6-8H2;1-2H3. The lowest BCUT2D eigenvalue weighted by Crippen LogP contribution is -2.28. The smallest absolute Gasteiger partial charge is 0.144 e. The van der Waals surface area contributed by atoms with Crippen LogP contribution in [0.5, 0.6) is 0 Å². The highest BCUT2D eigenvalue weighted by atomic mass is 16.5. The van der Waals surface area contributed by atoms with Gasteiger partial charge >= 0.3 is 0 Å². The fourth-order valence-corrected chi connectivity index (χ4v) is 1.82. The Morgan fingerprint density at radius 2 is 2.13 bits per heavy atom. The molecule has 1 heterocycles. The molecule has 2 nitrogen and oxygen atoms in total. The zero-order chi connectivity index (χ0) is 11.1. The molecule has 1 atom stereocenters. The normalized spacial score (nSPS) is 25.3. The summed E-state index contributed by atoms with van der Waals surface area (Å²) in [6, 6.07) is 0. The molecule has 0 amide bonds. The van der Waals surface area contributed by atoms with Crippen LogP contribution in [0.4, 0.5) is 0 Å². The summed E-state index contributed by atoms with van der Waals surface area (Å²) in [5.74, 6) is 0.356. The maximum absolute atomic E-state index is 11.5. The van der Waals surface area contributed by atoms with Crippen molar-refractivity contribution in [1.82, 2.24) is 0 Å². The Morgan fingerprint density at radius 3 is 2.73 bits per heavy atom. The molecule has 0 N–H and O–H groups in total. The van der Waals surface area contributed by atoms with Crippen molar-refractivity contribution >= 4 is 5.78 Å². The minimum atomic E-state index is 0.0188. The van der Waals surface area contributed by atoms with E-state index < -0.39 is 0 Å². The molecule has 1 aliphatic carbocycles. The molecule has 1 fully saturated rings. The summed E-state index contributed by atoms with van der Waals surface area (Å²) in [6.45, 7) is 5.18. The number of ketones is 1. The average molecular weight is 208 g/mol. The van der Waals surface area contributed by atoms with Crippen LogP contribution >= 0.6 is 0 Å². The number of hydrogen-bond acceptors (Lipinski definition) is 2. The van der Waals surface area contributed by atoms with E-state index in [2.05, 4.69) is 18.2 Å². The Hall–Kier alpha value is -0.890. The van der Waals surface area contributed by atoms with Crippen molar-refractivity contribution in [2.45, 2.75) is 33.1 Å². The van der Waals surface area contributed by atoms with Crippen LogP contribution in [0, 0.1) is 5.92 Å². The molecule has 0 spiro atoms. The lowest BCUT2D eigenvalue weighted by atomic mass is 9.89. The summed E-state index contributed by atoms with van der Waals surface area (Å²) >= 11 is 0. The van der Waals surface area contributed by atoms with Gasteiger partial charge in [0.2, 0.25) is 0 Å². The summed E-state index contributed by atoms with van der Waals surface area (Å²) in [7, 11) is 0. The van der Waals surface area contributed by atoms with Gasteiger partial charge in [0, 0.05) is 6.42 Å².